The van der Waals surface area contributed by atoms with Crippen molar-refractivity contribution in [2.75, 3.05) is 37.8 Å². The molecule has 2 fully saturated rings. The zero-order chi connectivity index (χ0) is 43.8. The summed E-state index contributed by atoms with van der Waals surface area (Å²) in [5.41, 5.74) is 4.24. The Morgan fingerprint density at radius 2 is 1.69 bits per heavy atom. The van der Waals surface area contributed by atoms with E-state index in [0.29, 0.717) is 12.3 Å². The Balaban J connectivity index is 1.20. The Morgan fingerprint density at radius 1 is 1.02 bits per heavy atom. The summed E-state index contributed by atoms with van der Waals surface area (Å²) in [5, 5.41) is 36.2. The number of aromatic nitrogens is 4. The van der Waals surface area contributed by atoms with Crippen LogP contribution in [0.15, 0.2) is 12.7 Å². The molecule has 1 saturated heterocycles. The molecule has 2 aromatic heterocycles. The first-order valence-electron chi connectivity index (χ1n) is 18.2. The van der Waals surface area contributed by atoms with E-state index in [1.165, 1.54) is 20.3 Å². The second-order valence-electron chi connectivity index (χ2n) is 14.5. The number of carbonyl (C=O) groups excluding carboxylic acids is 3. The van der Waals surface area contributed by atoms with Gasteiger partial charge in [0.15, 0.2) is 17.7 Å². The van der Waals surface area contributed by atoms with Crippen LogP contribution in [0, 0.1) is 11.3 Å². The van der Waals surface area contributed by atoms with Crippen molar-refractivity contribution in [2.45, 2.75) is 95.5 Å². The van der Waals surface area contributed by atoms with Crippen molar-refractivity contribution in [3.63, 3.8) is 0 Å². The van der Waals surface area contributed by atoms with E-state index in [-0.39, 0.29) is 47.4 Å². The van der Waals surface area contributed by atoms with E-state index in [4.69, 9.17) is 19.5 Å². The highest BCUT2D eigenvalue weighted by molar-refractivity contribution is 8.13. The second-order valence-corrected chi connectivity index (χ2v) is 19.8. The standard InChI is InChI=1S/C30H50N7O18P3S/c1-30(2,24(41)27(42)33-9-8-20(39)32-10-11-59-29(43)18(38)12-17-6-4-3-5-7-17)14-52-58(49,50)55-57(47,48)51-13-19-23(54-56(44,45)46)22(40)28(53-19)37-16-36-21-25(31)34-15-35-26(21)37/h15-19,22-24,28,38,40-41H,3-14H2,1-2H3,(H,32,39)(H,33,42)(H,47,48)(H,49,50)(H2,31,34,35)(H2,44,45,46). The van der Waals surface area contributed by atoms with E-state index in [2.05, 4.69) is 34.4 Å². The van der Waals surface area contributed by atoms with Crippen molar-refractivity contribution >= 4 is 69.1 Å². The fraction of sp³-hybridized carbons (Fsp3) is 0.733. The maximum absolute atomic E-state index is 12.7. The average Bonchev–Trinajstić information content (AvgIpc) is 3.71. The van der Waals surface area contributed by atoms with Crippen molar-refractivity contribution in [2.24, 2.45) is 11.3 Å². The number of ether oxygens (including phenoxy) is 1. The highest BCUT2D eigenvalue weighted by Crippen LogP contribution is 2.61. The third kappa shape index (κ3) is 14.8. The van der Waals surface area contributed by atoms with E-state index in [0.717, 1.165) is 54.7 Å². The van der Waals surface area contributed by atoms with Gasteiger partial charge in [0.2, 0.25) is 16.9 Å². The summed E-state index contributed by atoms with van der Waals surface area (Å²) in [4.78, 5) is 88.0. The Morgan fingerprint density at radius 3 is 2.37 bits per heavy atom. The number of phosphoric ester groups is 3. The molecule has 3 heterocycles. The van der Waals surface area contributed by atoms with Gasteiger partial charge in [-0.1, -0.05) is 57.7 Å². The molecule has 0 radical (unpaired) electrons. The lowest BCUT2D eigenvalue weighted by Crippen LogP contribution is -2.46. The zero-order valence-electron chi connectivity index (χ0n) is 31.9. The van der Waals surface area contributed by atoms with Gasteiger partial charge in [-0.15, -0.1) is 0 Å². The van der Waals surface area contributed by atoms with Crippen LogP contribution in [-0.2, 0) is 50.7 Å². The first-order valence-corrected chi connectivity index (χ1v) is 23.7. The first-order chi connectivity index (χ1) is 27.5. The number of nitrogens with one attached hydrogen (secondary N) is 2. The summed E-state index contributed by atoms with van der Waals surface area (Å²) < 4.78 is 62.2. The average molecular weight is 922 g/mol. The van der Waals surface area contributed by atoms with Crippen molar-refractivity contribution in [3.05, 3.63) is 12.7 Å². The van der Waals surface area contributed by atoms with Crippen LogP contribution in [0.1, 0.15) is 65.0 Å². The summed E-state index contributed by atoms with van der Waals surface area (Å²) >= 11 is 0.917. The molecule has 11 N–H and O–H groups in total. The normalized spacial score (nSPS) is 23.6. The van der Waals surface area contributed by atoms with Gasteiger partial charge in [-0.3, -0.25) is 32.5 Å². The smallest absolute Gasteiger partial charge is 0.386 e. The molecule has 4 rings (SSSR count). The van der Waals surface area contributed by atoms with Gasteiger partial charge < -0.3 is 56.0 Å². The number of fused-ring (bicyclic) bond motifs is 1. The van der Waals surface area contributed by atoms with Gasteiger partial charge in [0.1, 0.15) is 42.4 Å². The molecule has 29 heteroatoms. The monoisotopic (exact) mass is 921 g/mol. The Bertz CT molecular complexity index is 1920. The number of hydrogen-bond donors (Lipinski definition) is 10. The number of aliphatic hydroxyl groups excluding tert-OH is 3. The molecule has 334 valence electrons. The Labute approximate surface area is 341 Å². The predicted molar refractivity (Wildman–Crippen MR) is 204 cm³/mol. The molecule has 0 aromatic carbocycles. The lowest BCUT2D eigenvalue weighted by atomic mass is 9.85. The van der Waals surface area contributed by atoms with Gasteiger partial charge in [-0.05, 0) is 12.3 Å². The molecule has 0 bridgehead atoms. The highest BCUT2D eigenvalue weighted by atomic mass is 32.2. The van der Waals surface area contributed by atoms with Crippen molar-refractivity contribution in [1.82, 2.24) is 30.2 Å². The van der Waals surface area contributed by atoms with Gasteiger partial charge in [0.05, 0.1) is 19.5 Å². The number of aliphatic hydroxyl groups is 3. The van der Waals surface area contributed by atoms with Gasteiger partial charge in [-0.25, -0.2) is 28.6 Å². The van der Waals surface area contributed by atoms with Crippen LogP contribution in [-0.4, -0.2) is 134 Å². The van der Waals surface area contributed by atoms with Crippen molar-refractivity contribution < 1.29 is 85.6 Å². The minimum Gasteiger partial charge on any atom is -0.386 e. The molecular weight excluding hydrogens is 871 g/mol. The van der Waals surface area contributed by atoms with Crippen LogP contribution in [0.3, 0.4) is 0 Å². The minimum absolute atomic E-state index is 0.0273. The van der Waals surface area contributed by atoms with Gasteiger partial charge in [0, 0.05) is 30.7 Å². The summed E-state index contributed by atoms with van der Waals surface area (Å²) in [6.07, 6.45) is -2.27. The number of amides is 2. The number of thioether (sulfide) groups is 1. The van der Waals surface area contributed by atoms with Crippen molar-refractivity contribution in [3.8, 4) is 0 Å². The number of carbonyl (C=O) groups is 3. The fourth-order valence-corrected chi connectivity index (χ4v) is 9.74. The number of nitrogens with two attached hydrogens (primary N) is 1. The van der Waals surface area contributed by atoms with Crippen LogP contribution < -0.4 is 16.4 Å². The second kappa shape index (κ2) is 21.1. The van der Waals surface area contributed by atoms with Crippen LogP contribution in [0.5, 0.6) is 0 Å². The van der Waals surface area contributed by atoms with Crippen LogP contribution >= 0.6 is 35.2 Å². The third-order valence-electron chi connectivity index (χ3n) is 9.30. The van der Waals surface area contributed by atoms with Gasteiger partial charge in [-0.2, -0.15) is 4.31 Å². The number of phosphoric acid groups is 3. The molecule has 2 aromatic rings. The fourth-order valence-electron chi connectivity index (χ4n) is 6.21. The number of nitrogen functional groups attached to an aromatic ring is 1. The van der Waals surface area contributed by atoms with E-state index < -0.39 is 90.7 Å². The Kier molecular flexibility index (Phi) is 17.6. The van der Waals surface area contributed by atoms with E-state index in [1.54, 1.807) is 0 Å². The third-order valence-corrected chi connectivity index (χ3v) is 13.4. The Hall–Kier alpha value is -2.48. The molecular formula is C30H50N7O18P3S. The van der Waals surface area contributed by atoms with Crippen LogP contribution in [0.25, 0.3) is 11.2 Å². The van der Waals surface area contributed by atoms with E-state index in [1.807, 2.05) is 0 Å². The molecule has 0 spiro atoms. The number of anilines is 1. The highest BCUT2D eigenvalue weighted by Gasteiger charge is 2.50. The van der Waals surface area contributed by atoms with E-state index in [9.17, 15) is 63.0 Å². The van der Waals surface area contributed by atoms with Crippen LogP contribution in [0.4, 0.5) is 5.82 Å². The molecule has 59 heavy (non-hydrogen) atoms. The number of rotatable bonds is 22. The number of imidazole rings is 1. The quantitative estimate of drug-likeness (QED) is 0.0548. The largest absolute Gasteiger partial charge is 0.481 e. The maximum atomic E-state index is 12.7. The van der Waals surface area contributed by atoms with Crippen molar-refractivity contribution in [1.29, 1.82) is 0 Å². The molecule has 1 aliphatic carbocycles. The van der Waals surface area contributed by atoms with Gasteiger partial charge in [0.25, 0.3) is 0 Å². The van der Waals surface area contributed by atoms with E-state index >= 15 is 0 Å². The minimum atomic E-state index is -5.58. The van der Waals surface area contributed by atoms with Gasteiger partial charge >= 0.3 is 23.5 Å². The lowest BCUT2D eigenvalue weighted by molar-refractivity contribution is -0.137. The summed E-state index contributed by atoms with van der Waals surface area (Å²) in [5.74, 6) is -0.948. The maximum Gasteiger partial charge on any atom is 0.481 e. The number of nitrogens with zero attached hydrogens (tertiary/aromatic N) is 4. The molecule has 2 aliphatic rings. The van der Waals surface area contributed by atoms with Crippen LogP contribution in [0.2, 0.25) is 0 Å². The molecule has 2 amide bonds. The predicted octanol–water partition coefficient (Wildman–Crippen LogP) is -0.00400. The SMILES string of the molecule is CC(C)(COP(=O)(O)OP(=O)(O)OCC1OC(n2cnc3c(N)ncnc32)C(O)C1OP(=O)(O)O)C(O)C(=O)NCCC(=O)NCCSC(=O)C(O)CC1CCCCC1. The summed E-state index contributed by atoms with van der Waals surface area (Å²) in [6.45, 7) is 0.360. The lowest BCUT2D eigenvalue weighted by Gasteiger charge is -2.30. The molecule has 25 nitrogen and oxygen atoms in total. The topological polar surface area (TPSA) is 384 Å². The molecule has 8 atom stereocenters. The molecule has 8 unspecified atom stereocenters. The summed E-state index contributed by atoms with van der Waals surface area (Å²) in [6, 6.07) is 0. The molecule has 1 aliphatic heterocycles. The molecule has 1 saturated carbocycles. The first kappa shape index (κ1) is 49.2. The number of hydrogen-bond acceptors (Lipinski definition) is 19. The summed E-state index contributed by atoms with van der Waals surface area (Å²) in [7, 11) is -16.4. The zero-order valence-corrected chi connectivity index (χ0v) is 35.4.